The Morgan fingerprint density at radius 1 is 1.35 bits per heavy atom. The van der Waals surface area contributed by atoms with E-state index in [1.807, 2.05) is 6.07 Å². The first kappa shape index (κ1) is 14.3. The Kier molecular flexibility index (Phi) is 6.96. The van der Waals surface area contributed by atoms with Crippen LogP contribution in [0, 0.1) is 0 Å². The number of aliphatic hydroxyl groups is 1. The molecular formula is C12H21N3OS. The van der Waals surface area contributed by atoms with Gasteiger partial charge in [-0.2, -0.15) is 0 Å². The van der Waals surface area contributed by atoms with Crippen LogP contribution in [0.15, 0.2) is 11.1 Å². The van der Waals surface area contributed by atoms with Crippen LogP contribution >= 0.6 is 11.8 Å². The second kappa shape index (κ2) is 8.31. The standard InChI is InChI=1S/C12H21N3OS/c1-3-6-13-11-9-12(17-8-5-7-16)15-10(4-2)14-11/h9,16H,3-8H2,1-2H3,(H,13,14,15). The molecule has 0 aromatic carbocycles. The van der Waals surface area contributed by atoms with Crippen LogP contribution in [-0.4, -0.2) is 34.0 Å². The van der Waals surface area contributed by atoms with E-state index in [4.69, 9.17) is 5.11 Å². The average Bonchev–Trinajstić information content (AvgIpc) is 2.36. The Balaban J connectivity index is 2.67. The van der Waals surface area contributed by atoms with Crippen molar-refractivity contribution in [1.82, 2.24) is 9.97 Å². The maximum atomic E-state index is 8.76. The van der Waals surface area contributed by atoms with E-state index in [1.54, 1.807) is 11.8 Å². The monoisotopic (exact) mass is 255 g/mol. The fourth-order valence-corrected chi connectivity index (χ4v) is 2.14. The Morgan fingerprint density at radius 3 is 2.82 bits per heavy atom. The molecule has 0 spiro atoms. The summed E-state index contributed by atoms with van der Waals surface area (Å²) in [5.74, 6) is 2.67. The molecule has 0 amide bonds. The van der Waals surface area contributed by atoms with Crippen LogP contribution in [0.1, 0.15) is 32.5 Å². The van der Waals surface area contributed by atoms with Gasteiger partial charge in [0, 0.05) is 31.4 Å². The summed E-state index contributed by atoms with van der Waals surface area (Å²) in [6.07, 6.45) is 2.72. The quantitative estimate of drug-likeness (QED) is 0.424. The van der Waals surface area contributed by atoms with Gasteiger partial charge in [0.2, 0.25) is 0 Å². The van der Waals surface area contributed by atoms with Gasteiger partial charge in [-0.15, -0.1) is 11.8 Å². The Labute approximate surface area is 107 Å². The van der Waals surface area contributed by atoms with E-state index in [1.165, 1.54) is 0 Å². The lowest BCUT2D eigenvalue weighted by molar-refractivity contribution is 0.296. The highest BCUT2D eigenvalue weighted by molar-refractivity contribution is 7.99. The van der Waals surface area contributed by atoms with E-state index >= 15 is 0 Å². The molecule has 1 heterocycles. The molecule has 0 saturated heterocycles. The summed E-state index contributed by atoms with van der Waals surface area (Å²) in [5, 5.41) is 13.0. The van der Waals surface area contributed by atoms with E-state index < -0.39 is 0 Å². The van der Waals surface area contributed by atoms with Gasteiger partial charge in [0.15, 0.2) is 0 Å². The average molecular weight is 255 g/mol. The molecule has 0 aliphatic rings. The predicted octanol–water partition coefficient (Wildman–Crippen LogP) is 2.34. The molecule has 2 N–H and O–H groups in total. The molecule has 0 saturated carbocycles. The first-order valence-corrected chi connectivity index (χ1v) is 7.14. The maximum Gasteiger partial charge on any atom is 0.131 e. The number of nitrogens with zero attached hydrogens (tertiary/aromatic N) is 2. The zero-order valence-electron chi connectivity index (χ0n) is 10.6. The molecule has 1 aromatic heterocycles. The molecule has 0 bridgehead atoms. The van der Waals surface area contributed by atoms with Gasteiger partial charge in [-0.1, -0.05) is 13.8 Å². The zero-order valence-corrected chi connectivity index (χ0v) is 11.4. The molecule has 4 nitrogen and oxygen atoms in total. The van der Waals surface area contributed by atoms with E-state index in [2.05, 4.69) is 29.1 Å². The summed E-state index contributed by atoms with van der Waals surface area (Å²) in [7, 11) is 0. The third kappa shape index (κ3) is 5.37. The van der Waals surface area contributed by atoms with Crippen LogP contribution < -0.4 is 5.32 Å². The third-order valence-corrected chi connectivity index (χ3v) is 3.17. The molecule has 96 valence electrons. The molecule has 5 heteroatoms. The number of hydrogen-bond acceptors (Lipinski definition) is 5. The summed E-state index contributed by atoms with van der Waals surface area (Å²) in [4.78, 5) is 8.89. The van der Waals surface area contributed by atoms with Gasteiger partial charge in [0.25, 0.3) is 0 Å². The molecular weight excluding hydrogens is 234 g/mol. The Morgan fingerprint density at radius 2 is 2.18 bits per heavy atom. The lowest BCUT2D eigenvalue weighted by Crippen LogP contribution is -2.05. The number of anilines is 1. The second-order valence-corrected chi connectivity index (χ2v) is 4.83. The van der Waals surface area contributed by atoms with Gasteiger partial charge in [0.1, 0.15) is 16.7 Å². The lowest BCUT2D eigenvalue weighted by atomic mass is 10.4. The van der Waals surface area contributed by atoms with Crippen LogP contribution in [0.25, 0.3) is 0 Å². The summed E-state index contributed by atoms with van der Waals surface area (Å²) in [5.41, 5.74) is 0. The Hall–Kier alpha value is -0.810. The van der Waals surface area contributed by atoms with Gasteiger partial charge in [-0.25, -0.2) is 9.97 Å². The third-order valence-electron chi connectivity index (χ3n) is 2.17. The molecule has 0 aliphatic carbocycles. The van der Waals surface area contributed by atoms with Gasteiger partial charge in [-0.3, -0.25) is 0 Å². The highest BCUT2D eigenvalue weighted by Crippen LogP contribution is 2.19. The van der Waals surface area contributed by atoms with Gasteiger partial charge >= 0.3 is 0 Å². The van der Waals surface area contributed by atoms with Crippen LogP contribution in [-0.2, 0) is 6.42 Å². The molecule has 17 heavy (non-hydrogen) atoms. The molecule has 0 aliphatic heterocycles. The molecule has 0 fully saturated rings. The first-order chi connectivity index (χ1) is 8.30. The fourth-order valence-electron chi connectivity index (χ4n) is 1.29. The second-order valence-electron chi connectivity index (χ2n) is 3.71. The van der Waals surface area contributed by atoms with Crippen molar-refractivity contribution in [2.45, 2.75) is 38.1 Å². The van der Waals surface area contributed by atoms with Crippen molar-refractivity contribution in [2.24, 2.45) is 0 Å². The highest BCUT2D eigenvalue weighted by Gasteiger charge is 2.03. The number of nitrogens with one attached hydrogen (secondary N) is 1. The number of hydrogen-bond donors (Lipinski definition) is 2. The van der Waals surface area contributed by atoms with E-state index in [0.717, 1.165) is 48.2 Å². The van der Waals surface area contributed by atoms with Crippen LogP contribution in [0.2, 0.25) is 0 Å². The normalized spacial score (nSPS) is 10.5. The van der Waals surface area contributed by atoms with Crippen molar-refractivity contribution >= 4 is 17.6 Å². The van der Waals surface area contributed by atoms with Crippen LogP contribution in [0.4, 0.5) is 5.82 Å². The molecule has 0 unspecified atom stereocenters. The number of aryl methyl sites for hydroxylation is 1. The van der Waals surface area contributed by atoms with Crippen molar-refractivity contribution in [2.75, 3.05) is 24.2 Å². The predicted molar refractivity (Wildman–Crippen MR) is 72.6 cm³/mol. The SMILES string of the molecule is CCCNc1cc(SCCCO)nc(CC)n1. The molecule has 0 radical (unpaired) electrons. The van der Waals surface area contributed by atoms with Gasteiger partial charge in [0.05, 0.1) is 0 Å². The lowest BCUT2D eigenvalue weighted by Gasteiger charge is -2.08. The van der Waals surface area contributed by atoms with Crippen molar-refractivity contribution in [3.05, 3.63) is 11.9 Å². The van der Waals surface area contributed by atoms with Crippen LogP contribution in [0.3, 0.4) is 0 Å². The first-order valence-electron chi connectivity index (χ1n) is 6.15. The van der Waals surface area contributed by atoms with Crippen molar-refractivity contribution in [1.29, 1.82) is 0 Å². The number of rotatable bonds is 8. The molecule has 0 atom stereocenters. The van der Waals surface area contributed by atoms with E-state index in [0.29, 0.717) is 0 Å². The van der Waals surface area contributed by atoms with Crippen LogP contribution in [0.5, 0.6) is 0 Å². The number of aromatic nitrogens is 2. The van der Waals surface area contributed by atoms with Crippen molar-refractivity contribution in [3.63, 3.8) is 0 Å². The van der Waals surface area contributed by atoms with E-state index in [9.17, 15) is 0 Å². The maximum absolute atomic E-state index is 8.76. The summed E-state index contributed by atoms with van der Waals surface area (Å²) in [6.45, 7) is 5.35. The van der Waals surface area contributed by atoms with Crippen molar-refractivity contribution < 1.29 is 5.11 Å². The summed E-state index contributed by atoms with van der Waals surface area (Å²) >= 11 is 1.67. The minimum atomic E-state index is 0.236. The van der Waals surface area contributed by atoms with Gasteiger partial charge < -0.3 is 10.4 Å². The summed E-state index contributed by atoms with van der Waals surface area (Å²) < 4.78 is 0. The summed E-state index contributed by atoms with van der Waals surface area (Å²) in [6, 6.07) is 1.98. The topological polar surface area (TPSA) is 58.0 Å². The molecule has 1 aromatic rings. The minimum absolute atomic E-state index is 0.236. The largest absolute Gasteiger partial charge is 0.396 e. The van der Waals surface area contributed by atoms with Gasteiger partial charge in [-0.05, 0) is 12.8 Å². The fraction of sp³-hybridized carbons (Fsp3) is 0.667. The Bertz CT molecular complexity index is 334. The van der Waals surface area contributed by atoms with E-state index in [-0.39, 0.29) is 6.61 Å². The smallest absolute Gasteiger partial charge is 0.131 e. The highest BCUT2D eigenvalue weighted by atomic mass is 32.2. The van der Waals surface area contributed by atoms with Crippen molar-refractivity contribution in [3.8, 4) is 0 Å². The number of aliphatic hydroxyl groups excluding tert-OH is 1. The molecule has 1 rings (SSSR count). The number of thioether (sulfide) groups is 1. The minimum Gasteiger partial charge on any atom is -0.396 e. The zero-order chi connectivity index (χ0) is 12.5.